The van der Waals surface area contributed by atoms with Crippen molar-refractivity contribution in [3.8, 4) is 11.5 Å². The number of hydrogen-bond donors (Lipinski definition) is 2. The van der Waals surface area contributed by atoms with E-state index in [-0.39, 0.29) is 48.5 Å². The van der Waals surface area contributed by atoms with Crippen LogP contribution in [0.5, 0.6) is 11.5 Å². The van der Waals surface area contributed by atoms with E-state index in [4.69, 9.17) is 27.9 Å². The number of amides is 4. The van der Waals surface area contributed by atoms with Gasteiger partial charge in [-0.1, -0.05) is 60.0 Å². The van der Waals surface area contributed by atoms with Gasteiger partial charge in [0, 0.05) is 23.7 Å². The number of rotatable bonds is 7. The summed E-state index contributed by atoms with van der Waals surface area (Å²) in [5.41, 5.74) is 1.33. The molecule has 1 saturated carbocycles. The number of phenols is 1. The maximum absolute atomic E-state index is 15.2. The van der Waals surface area contributed by atoms with Gasteiger partial charge in [-0.05, 0) is 66.6 Å². The number of pyridine rings is 1. The quantitative estimate of drug-likeness (QED) is 0.207. The number of likely N-dealkylation sites (tertiary alicyclic amines) is 1. The lowest BCUT2D eigenvalue weighted by Gasteiger charge is -2.50. The normalized spacial score (nSPS) is 27.3. The first-order chi connectivity index (χ1) is 24.2. The number of nitrogens with one attached hydrogen (secondary N) is 1. The van der Waals surface area contributed by atoms with Crippen LogP contribution < -0.4 is 10.2 Å². The number of alkyl halides is 3. The van der Waals surface area contributed by atoms with Crippen molar-refractivity contribution in [1.82, 2.24) is 14.9 Å². The number of phenolic OH excluding ortho intramolecular Hbond substituents is 1. The average Bonchev–Trinajstić information content (AvgIpc) is 3.46. The minimum absolute atomic E-state index is 0.00272. The van der Waals surface area contributed by atoms with E-state index in [0.29, 0.717) is 40.4 Å². The van der Waals surface area contributed by atoms with Crippen LogP contribution in [0, 0.1) is 23.7 Å². The third kappa shape index (κ3) is 5.26. The van der Waals surface area contributed by atoms with Crippen LogP contribution in [0.3, 0.4) is 0 Å². The fraction of sp³-hybridized carbons (Fsp3) is 0.361. The van der Waals surface area contributed by atoms with Gasteiger partial charge in [0.1, 0.15) is 0 Å². The average molecular weight is 744 g/mol. The Balaban J connectivity index is 1.44. The number of hydrogen-bond acceptors (Lipinski definition) is 8. The third-order valence-electron chi connectivity index (χ3n) is 10.6. The monoisotopic (exact) mass is 742 g/mol. The van der Waals surface area contributed by atoms with Gasteiger partial charge in [-0.2, -0.15) is 18.2 Å². The van der Waals surface area contributed by atoms with Gasteiger partial charge >= 0.3 is 6.18 Å². The number of anilines is 1. The Morgan fingerprint density at radius 3 is 2.39 bits per heavy atom. The fourth-order valence-electron chi connectivity index (χ4n) is 8.54. The highest BCUT2D eigenvalue weighted by molar-refractivity contribution is 6.33. The van der Waals surface area contributed by atoms with E-state index in [2.05, 4.69) is 10.4 Å². The highest BCUT2D eigenvalue weighted by Gasteiger charge is 2.70. The summed E-state index contributed by atoms with van der Waals surface area (Å²) in [7, 11) is 1.37. The van der Waals surface area contributed by atoms with Gasteiger partial charge < -0.3 is 9.84 Å². The van der Waals surface area contributed by atoms with E-state index >= 15 is 4.79 Å². The van der Waals surface area contributed by atoms with Gasteiger partial charge in [0.25, 0.3) is 11.8 Å². The van der Waals surface area contributed by atoms with Gasteiger partial charge in [-0.3, -0.25) is 29.5 Å². The molecule has 3 aromatic rings. The Morgan fingerprint density at radius 2 is 1.75 bits per heavy atom. The molecule has 2 aromatic carbocycles. The molecule has 2 aliphatic carbocycles. The first kappa shape index (κ1) is 34.8. The Bertz CT molecular complexity index is 2010. The van der Waals surface area contributed by atoms with E-state index in [9.17, 15) is 32.7 Å². The van der Waals surface area contributed by atoms with E-state index in [1.165, 1.54) is 18.1 Å². The predicted octanol–water partition coefficient (Wildman–Crippen LogP) is 6.52. The molecule has 2 aliphatic heterocycles. The molecule has 4 amide bonds. The van der Waals surface area contributed by atoms with Gasteiger partial charge in [0.05, 0.1) is 40.9 Å². The predicted molar refractivity (Wildman–Crippen MR) is 179 cm³/mol. The second-order valence-electron chi connectivity index (χ2n) is 13.2. The van der Waals surface area contributed by atoms with Crippen molar-refractivity contribution >= 4 is 52.6 Å². The molecule has 10 nitrogen and oxygen atoms in total. The summed E-state index contributed by atoms with van der Waals surface area (Å²) in [4.78, 5) is 62.4. The van der Waals surface area contributed by atoms with E-state index in [1.54, 1.807) is 36.4 Å². The van der Waals surface area contributed by atoms with Crippen molar-refractivity contribution in [2.24, 2.45) is 23.7 Å². The summed E-state index contributed by atoms with van der Waals surface area (Å²) in [5.74, 6) is -6.70. The third-order valence-corrected chi connectivity index (χ3v) is 11.2. The first-order valence-electron chi connectivity index (χ1n) is 16.3. The molecule has 4 aliphatic rings. The Morgan fingerprint density at radius 1 is 1.02 bits per heavy atom. The molecule has 0 radical (unpaired) electrons. The summed E-state index contributed by atoms with van der Waals surface area (Å²) in [5, 5.41) is 11.2. The number of benzene rings is 2. The lowest BCUT2D eigenvalue weighted by atomic mass is 9.49. The smallest absolute Gasteiger partial charge is 0.417 e. The molecule has 6 unspecified atom stereocenters. The van der Waals surface area contributed by atoms with Crippen molar-refractivity contribution in [2.45, 2.75) is 43.7 Å². The van der Waals surface area contributed by atoms with Gasteiger partial charge in [-0.25, -0.2) is 4.98 Å². The zero-order valence-corrected chi connectivity index (χ0v) is 28.7. The number of ether oxygens (including phenoxy) is 1. The largest absolute Gasteiger partial charge is 0.504 e. The lowest BCUT2D eigenvalue weighted by Crippen LogP contribution is -2.53. The van der Waals surface area contributed by atoms with Crippen molar-refractivity contribution in [2.75, 3.05) is 19.1 Å². The standard InChI is InChI=1S/C36H31Cl2F3N4O6/c1-3-12-44-31(47)22-10-9-21-23(28(22)33(44)49)15-24-32(48)45(43-30-25(38)14-19(16-42-30)36(39,40)41)34(50)35(24,18-5-7-20(37)8-6-18)29(21)17-4-11-26(46)27(13-17)51-2/h4-9,11,13-14,16,22-24,28-29,46H,3,10,12,15H2,1-2H3,(H,42,43). The molecule has 0 spiro atoms. The van der Waals surface area contributed by atoms with Crippen LogP contribution >= 0.6 is 23.2 Å². The van der Waals surface area contributed by atoms with E-state index in [0.717, 1.165) is 5.01 Å². The van der Waals surface area contributed by atoms with Crippen LogP contribution in [-0.4, -0.2) is 57.3 Å². The van der Waals surface area contributed by atoms with Crippen molar-refractivity contribution in [1.29, 1.82) is 0 Å². The number of nitrogens with zero attached hydrogens (tertiary/aromatic N) is 3. The zero-order chi connectivity index (χ0) is 36.6. The van der Waals surface area contributed by atoms with Crippen LogP contribution in [0.2, 0.25) is 10.0 Å². The van der Waals surface area contributed by atoms with Crippen molar-refractivity contribution < 1.29 is 42.2 Å². The van der Waals surface area contributed by atoms with E-state index < -0.39 is 63.6 Å². The number of imide groups is 2. The molecule has 6 atom stereocenters. The van der Waals surface area contributed by atoms with Gasteiger partial charge in [-0.15, -0.1) is 0 Å². The van der Waals surface area contributed by atoms with Crippen LogP contribution in [0.15, 0.2) is 66.4 Å². The molecule has 7 rings (SSSR count). The van der Waals surface area contributed by atoms with E-state index in [1.807, 2.05) is 13.0 Å². The number of hydrazine groups is 1. The summed E-state index contributed by atoms with van der Waals surface area (Å²) in [6.07, 6.45) is -1.54. The molecular formula is C36H31Cl2F3N4O6. The summed E-state index contributed by atoms with van der Waals surface area (Å²) < 4.78 is 45.7. The Hall–Kier alpha value is -4.62. The second-order valence-corrected chi connectivity index (χ2v) is 14.0. The highest BCUT2D eigenvalue weighted by Crippen LogP contribution is 2.64. The topological polar surface area (TPSA) is 129 Å². The number of carbonyl (C=O) groups excluding carboxylic acids is 4. The maximum Gasteiger partial charge on any atom is 0.417 e. The molecule has 15 heteroatoms. The minimum Gasteiger partial charge on any atom is -0.504 e. The number of aromatic hydroxyl groups is 1. The number of carbonyl (C=O) groups is 4. The molecule has 2 saturated heterocycles. The number of aromatic nitrogens is 1. The van der Waals surface area contributed by atoms with Crippen LogP contribution in [0.4, 0.5) is 19.0 Å². The molecular weight excluding hydrogens is 712 g/mol. The molecule has 0 bridgehead atoms. The Kier molecular flexibility index (Phi) is 8.57. The molecule has 1 aromatic heterocycles. The summed E-state index contributed by atoms with van der Waals surface area (Å²) >= 11 is 12.5. The number of allylic oxidation sites excluding steroid dienone is 2. The number of fused-ring (bicyclic) bond motifs is 4. The lowest BCUT2D eigenvalue weighted by molar-refractivity contribution is -0.141. The van der Waals surface area contributed by atoms with Gasteiger partial charge in [0.2, 0.25) is 11.8 Å². The Labute approximate surface area is 300 Å². The van der Waals surface area contributed by atoms with Crippen LogP contribution in [0.25, 0.3) is 0 Å². The fourth-order valence-corrected chi connectivity index (χ4v) is 8.88. The second kappa shape index (κ2) is 12.6. The SMILES string of the molecule is CCCN1C(=O)C2CC=C3C(CC4C(=O)N(Nc5ncc(C(F)(F)F)cc5Cl)C(=O)C4(c4ccc(Cl)cc4)C3c3ccc(O)c(OC)c3)C2C1=O. The van der Waals surface area contributed by atoms with Crippen LogP contribution in [-0.2, 0) is 30.8 Å². The van der Waals surface area contributed by atoms with Gasteiger partial charge in [0.15, 0.2) is 17.3 Å². The maximum atomic E-state index is 15.2. The number of methoxy groups -OCH3 is 1. The first-order valence-corrected chi connectivity index (χ1v) is 17.0. The molecule has 51 heavy (non-hydrogen) atoms. The van der Waals surface area contributed by atoms with Crippen molar-refractivity contribution in [3.05, 3.63) is 93.1 Å². The zero-order valence-electron chi connectivity index (χ0n) is 27.2. The van der Waals surface area contributed by atoms with Crippen LogP contribution in [0.1, 0.15) is 48.8 Å². The molecule has 2 N–H and O–H groups in total. The molecule has 3 heterocycles. The highest BCUT2D eigenvalue weighted by atomic mass is 35.5. The molecule has 266 valence electrons. The number of halogens is 5. The summed E-state index contributed by atoms with van der Waals surface area (Å²) in [6, 6.07) is 11.7. The summed E-state index contributed by atoms with van der Waals surface area (Å²) in [6.45, 7) is 2.11. The molecule has 3 fully saturated rings. The van der Waals surface area contributed by atoms with Crippen molar-refractivity contribution in [3.63, 3.8) is 0 Å². The minimum atomic E-state index is -4.74.